The smallest absolute Gasteiger partial charge is 0.411 e. The van der Waals surface area contributed by atoms with E-state index in [-0.39, 0.29) is 6.10 Å². The van der Waals surface area contributed by atoms with Gasteiger partial charge in [0.2, 0.25) is 0 Å². The molecule has 192 valence electrons. The Kier molecular flexibility index (Phi) is 6.20. The Hall–Kier alpha value is -4.01. The van der Waals surface area contributed by atoms with Crippen LogP contribution in [0.2, 0.25) is 0 Å². The van der Waals surface area contributed by atoms with E-state index in [1.165, 1.54) is 12.7 Å². The molecule has 37 heavy (non-hydrogen) atoms. The minimum atomic E-state index is -0.411. The number of hydrogen-bond donors (Lipinski definition) is 2. The molecule has 1 atom stereocenters. The topological polar surface area (TPSA) is 109 Å². The number of hydrogen-bond acceptors (Lipinski definition) is 6. The van der Waals surface area contributed by atoms with Crippen molar-refractivity contribution in [3.05, 3.63) is 55.1 Å². The lowest BCUT2D eigenvalue weighted by molar-refractivity contribution is 0.108. The lowest BCUT2D eigenvalue weighted by Crippen LogP contribution is -2.21. The van der Waals surface area contributed by atoms with Crippen molar-refractivity contribution in [2.45, 2.75) is 57.7 Å². The zero-order chi connectivity index (χ0) is 25.4. The van der Waals surface area contributed by atoms with Crippen molar-refractivity contribution in [2.75, 3.05) is 17.7 Å². The molecule has 0 spiro atoms. The van der Waals surface area contributed by atoms with Gasteiger partial charge in [0.25, 0.3) is 0 Å². The van der Waals surface area contributed by atoms with Crippen LogP contribution in [0, 0.1) is 5.92 Å². The van der Waals surface area contributed by atoms with Gasteiger partial charge in [-0.15, -0.1) is 0 Å². The van der Waals surface area contributed by atoms with Gasteiger partial charge in [0.05, 0.1) is 23.4 Å². The molecule has 9 nitrogen and oxygen atoms in total. The van der Waals surface area contributed by atoms with E-state index in [1.807, 2.05) is 43.3 Å². The maximum atomic E-state index is 12.3. The molecule has 0 saturated heterocycles. The summed E-state index contributed by atoms with van der Waals surface area (Å²) < 4.78 is 15.6. The van der Waals surface area contributed by atoms with E-state index in [1.54, 1.807) is 11.0 Å². The maximum absolute atomic E-state index is 12.3. The molecular formula is C28H32N6O3. The van der Waals surface area contributed by atoms with Crippen molar-refractivity contribution < 1.29 is 14.3 Å². The number of nitrogen functional groups attached to an aromatic ring is 1. The fourth-order valence-corrected chi connectivity index (χ4v) is 5.02. The summed E-state index contributed by atoms with van der Waals surface area (Å²) in [4.78, 5) is 16.2. The van der Waals surface area contributed by atoms with Crippen LogP contribution in [0.1, 0.15) is 45.1 Å². The van der Waals surface area contributed by atoms with Gasteiger partial charge in [-0.1, -0.05) is 12.1 Å². The number of amides is 1. The summed E-state index contributed by atoms with van der Waals surface area (Å²) in [5.74, 6) is 1.31. The predicted octanol–water partition coefficient (Wildman–Crippen LogP) is 5.63. The normalized spacial score (nSPS) is 16.4. The number of nitrogens with two attached hydrogens (primary N) is 1. The summed E-state index contributed by atoms with van der Waals surface area (Å²) >= 11 is 0. The quantitative estimate of drug-likeness (QED) is 0.308. The van der Waals surface area contributed by atoms with E-state index in [9.17, 15) is 4.79 Å². The number of rotatable bonds is 9. The number of nitrogens with zero attached hydrogens (tertiary/aromatic N) is 4. The number of anilines is 2. The lowest BCUT2D eigenvalue weighted by Gasteiger charge is -2.30. The zero-order valence-corrected chi connectivity index (χ0v) is 21.0. The first kappa shape index (κ1) is 23.4. The average molecular weight is 501 g/mol. The highest BCUT2D eigenvalue weighted by molar-refractivity contribution is 6.01. The first-order valence-corrected chi connectivity index (χ1v) is 13.0. The molecule has 2 aromatic carbocycles. The molecule has 2 saturated carbocycles. The highest BCUT2D eigenvalue weighted by Gasteiger charge is 2.31. The monoisotopic (exact) mass is 500 g/mol. The Labute approximate surface area is 215 Å². The number of carbonyl (C=O) groups is 1. The number of nitrogens with one attached hydrogen (secondary N) is 1. The van der Waals surface area contributed by atoms with Crippen molar-refractivity contribution in [2.24, 2.45) is 5.92 Å². The third-order valence-corrected chi connectivity index (χ3v) is 7.49. The second-order valence-electron chi connectivity index (χ2n) is 10.1. The van der Waals surface area contributed by atoms with E-state index in [2.05, 4.69) is 26.0 Å². The van der Waals surface area contributed by atoms with Gasteiger partial charge in [-0.2, -0.15) is 5.10 Å². The van der Waals surface area contributed by atoms with Crippen LogP contribution in [0.4, 0.5) is 16.2 Å². The Morgan fingerprint density at radius 3 is 2.65 bits per heavy atom. The molecule has 2 fully saturated rings. The van der Waals surface area contributed by atoms with Crippen LogP contribution in [-0.4, -0.2) is 38.1 Å². The third-order valence-electron chi connectivity index (χ3n) is 7.49. The molecule has 0 aliphatic heterocycles. The summed E-state index contributed by atoms with van der Waals surface area (Å²) in [5.41, 5.74) is 11.3. The number of benzene rings is 2. The van der Waals surface area contributed by atoms with Crippen LogP contribution in [0.25, 0.3) is 22.2 Å². The van der Waals surface area contributed by atoms with Gasteiger partial charge in [0.1, 0.15) is 31.1 Å². The molecule has 2 aliphatic carbocycles. The molecule has 4 aromatic rings. The van der Waals surface area contributed by atoms with Crippen LogP contribution in [0.15, 0.2) is 55.1 Å². The summed E-state index contributed by atoms with van der Waals surface area (Å²) in [7, 11) is 0. The van der Waals surface area contributed by atoms with Gasteiger partial charge < -0.3 is 19.8 Å². The van der Waals surface area contributed by atoms with Crippen LogP contribution >= 0.6 is 0 Å². The Bertz CT molecular complexity index is 1390. The first-order chi connectivity index (χ1) is 18.1. The Morgan fingerprint density at radius 2 is 1.97 bits per heavy atom. The molecular weight excluding hydrogens is 468 g/mol. The van der Waals surface area contributed by atoms with Crippen LogP contribution in [-0.2, 0) is 11.3 Å². The molecule has 0 unspecified atom stereocenters. The van der Waals surface area contributed by atoms with Crippen LogP contribution in [0.3, 0.4) is 0 Å². The highest BCUT2D eigenvalue weighted by atomic mass is 16.6. The second kappa shape index (κ2) is 9.80. The number of ether oxygens (including phenoxy) is 2. The molecule has 2 aromatic heterocycles. The van der Waals surface area contributed by atoms with Gasteiger partial charge in [0.15, 0.2) is 0 Å². The van der Waals surface area contributed by atoms with E-state index < -0.39 is 6.09 Å². The highest BCUT2D eigenvalue weighted by Crippen LogP contribution is 2.45. The van der Waals surface area contributed by atoms with Gasteiger partial charge >= 0.3 is 6.09 Å². The average Bonchev–Trinajstić information content (AvgIpc) is 3.52. The third kappa shape index (κ3) is 4.85. The Balaban J connectivity index is 1.24. The lowest BCUT2D eigenvalue weighted by atomic mass is 9.92. The minimum Gasteiger partial charge on any atom is -0.492 e. The second-order valence-corrected chi connectivity index (χ2v) is 10.1. The summed E-state index contributed by atoms with van der Waals surface area (Å²) in [6.07, 6.45) is 8.47. The largest absolute Gasteiger partial charge is 0.492 e. The van der Waals surface area contributed by atoms with E-state index in [0.717, 1.165) is 59.3 Å². The van der Waals surface area contributed by atoms with Crippen LogP contribution in [0.5, 0.6) is 5.75 Å². The van der Waals surface area contributed by atoms with E-state index in [0.29, 0.717) is 30.8 Å². The maximum Gasteiger partial charge on any atom is 0.411 e. The molecule has 9 heteroatoms. The number of carbonyl (C=O) groups excluding carboxylic acids is 1. The van der Waals surface area contributed by atoms with Crippen molar-refractivity contribution in [1.82, 2.24) is 19.3 Å². The summed E-state index contributed by atoms with van der Waals surface area (Å²) in [5, 5.41) is 7.99. The molecule has 6 rings (SSSR count). The summed E-state index contributed by atoms with van der Waals surface area (Å²) in [6, 6.07) is 14.3. The molecule has 0 radical (unpaired) electrons. The molecule has 3 N–H and O–H groups in total. The van der Waals surface area contributed by atoms with Crippen molar-refractivity contribution >= 4 is 28.4 Å². The SMILES string of the molecule is C[C@@H](OC(=O)Nc1ccc(-c2c(N)c3ccc(OCCn4cncn4)cc3n2C2CCC2)cc1)C1CC1. The number of aromatic nitrogens is 4. The van der Waals surface area contributed by atoms with Gasteiger partial charge in [-0.25, -0.2) is 14.5 Å². The van der Waals surface area contributed by atoms with Crippen molar-refractivity contribution in [1.29, 1.82) is 0 Å². The molecule has 0 bridgehead atoms. The van der Waals surface area contributed by atoms with Crippen molar-refractivity contribution in [3.8, 4) is 17.0 Å². The molecule has 2 heterocycles. The first-order valence-electron chi connectivity index (χ1n) is 13.0. The van der Waals surface area contributed by atoms with E-state index in [4.69, 9.17) is 15.2 Å². The fourth-order valence-electron chi connectivity index (χ4n) is 5.02. The molecule has 2 aliphatic rings. The minimum absolute atomic E-state index is 0.0475. The molecule has 1 amide bonds. The van der Waals surface area contributed by atoms with Crippen LogP contribution < -0.4 is 15.8 Å². The van der Waals surface area contributed by atoms with Crippen molar-refractivity contribution in [3.63, 3.8) is 0 Å². The standard InChI is InChI=1S/C28H32N6O3/c1-18(19-5-6-19)37-28(35)32-21-9-7-20(8-10-21)27-26(29)24-12-11-23(36-14-13-33-17-30-16-31-33)15-25(24)34(27)22-3-2-4-22/h7-12,15-19,22H,2-6,13-14,29H2,1H3,(H,32,35)/t18-/m1/s1. The van der Waals surface area contributed by atoms with Gasteiger partial charge in [-0.05, 0) is 69.2 Å². The summed E-state index contributed by atoms with van der Waals surface area (Å²) in [6.45, 7) is 3.08. The van der Waals surface area contributed by atoms with Gasteiger partial charge in [-0.3, -0.25) is 5.32 Å². The zero-order valence-electron chi connectivity index (χ0n) is 21.0. The predicted molar refractivity (Wildman–Crippen MR) is 142 cm³/mol. The fraction of sp³-hybridized carbons (Fsp3) is 0.393. The number of fused-ring (bicyclic) bond motifs is 1. The van der Waals surface area contributed by atoms with Gasteiger partial charge in [0, 0.05) is 28.7 Å². The Morgan fingerprint density at radius 1 is 1.16 bits per heavy atom. The van der Waals surface area contributed by atoms with E-state index >= 15 is 0 Å².